The van der Waals surface area contributed by atoms with E-state index in [0.29, 0.717) is 6.10 Å². The van der Waals surface area contributed by atoms with E-state index in [2.05, 4.69) is 26.1 Å². The average molecular weight is 233 g/mol. The van der Waals surface area contributed by atoms with Gasteiger partial charge in [-0.1, -0.05) is 6.92 Å². The fourth-order valence-corrected chi connectivity index (χ4v) is 1.88. The van der Waals surface area contributed by atoms with Crippen molar-refractivity contribution in [1.29, 1.82) is 0 Å². The van der Waals surface area contributed by atoms with E-state index in [9.17, 15) is 0 Å². The second-order valence-electron chi connectivity index (χ2n) is 3.93. The molecule has 0 aliphatic carbocycles. The minimum atomic E-state index is 0.379. The number of unbranched alkanes of at least 4 members (excludes halogenated alkanes) is 1. The lowest BCUT2D eigenvalue weighted by molar-refractivity contribution is 0.0760. The van der Waals surface area contributed by atoms with Crippen LogP contribution in [0.25, 0.3) is 0 Å². The first-order valence-corrected chi connectivity index (χ1v) is 7.33. The zero-order chi connectivity index (χ0) is 11.4. The molecule has 0 aromatic carbocycles. The lowest BCUT2D eigenvalue weighted by atomic mass is 10.3. The monoisotopic (exact) mass is 233 g/mol. The van der Waals surface area contributed by atoms with Crippen molar-refractivity contribution in [2.24, 2.45) is 0 Å². The van der Waals surface area contributed by atoms with E-state index in [1.165, 1.54) is 30.8 Å². The van der Waals surface area contributed by atoms with Gasteiger partial charge in [0.1, 0.15) is 0 Å². The molecule has 0 rings (SSSR count). The van der Waals surface area contributed by atoms with E-state index in [0.717, 1.165) is 19.7 Å². The van der Waals surface area contributed by atoms with Crippen LogP contribution in [-0.2, 0) is 4.74 Å². The fourth-order valence-electron chi connectivity index (χ4n) is 1.24. The van der Waals surface area contributed by atoms with Crippen LogP contribution in [0.1, 0.15) is 40.0 Å². The van der Waals surface area contributed by atoms with Gasteiger partial charge in [-0.25, -0.2) is 0 Å². The van der Waals surface area contributed by atoms with Gasteiger partial charge in [-0.05, 0) is 57.7 Å². The van der Waals surface area contributed by atoms with E-state index in [1.54, 1.807) is 0 Å². The van der Waals surface area contributed by atoms with Crippen molar-refractivity contribution in [1.82, 2.24) is 5.32 Å². The highest BCUT2D eigenvalue weighted by atomic mass is 32.2. The molecule has 15 heavy (non-hydrogen) atoms. The van der Waals surface area contributed by atoms with E-state index < -0.39 is 0 Å². The highest BCUT2D eigenvalue weighted by Crippen LogP contribution is 1.99. The van der Waals surface area contributed by atoms with Crippen LogP contribution < -0.4 is 5.32 Å². The third-order valence-electron chi connectivity index (χ3n) is 2.05. The van der Waals surface area contributed by atoms with Gasteiger partial charge in [0, 0.05) is 6.61 Å². The molecule has 0 aromatic rings. The molecule has 92 valence electrons. The summed E-state index contributed by atoms with van der Waals surface area (Å²) in [5, 5.41) is 3.46. The predicted octanol–water partition coefficient (Wildman–Crippen LogP) is 2.92. The van der Waals surface area contributed by atoms with Gasteiger partial charge in [0.25, 0.3) is 0 Å². The van der Waals surface area contributed by atoms with Crippen molar-refractivity contribution in [3.63, 3.8) is 0 Å². The molecule has 0 saturated heterocycles. The molecule has 0 fully saturated rings. The van der Waals surface area contributed by atoms with Gasteiger partial charge in [-0.3, -0.25) is 0 Å². The smallest absolute Gasteiger partial charge is 0.0518 e. The molecule has 0 amide bonds. The predicted molar refractivity (Wildman–Crippen MR) is 70.8 cm³/mol. The molecule has 0 spiro atoms. The molecular formula is C12H27NOS. The zero-order valence-corrected chi connectivity index (χ0v) is 11.4. The third-order valence-corrected chi connectivity index (χ3v) is 3.03. The van der Waals surface area contributed by atoms with Crippen LogP contribution >= 0.6 is 11.8 Å². The molecule has 0 aromatic heterocycles. The Balaban J connectivity index is 2.87. The van der Waals surface area contributed by atoms with Gasteiger partial charge < -0.3 is 10.1 Å². The number of thioether (sulfide) groups is 1. The lowest BCUT2D eigenvalue weighted by Crippen LogP contribution is -2.18. The summed E-state index contributed by atoms with van der Waals surface area (Å²) in [6.07, 6.45) is 4.08. The summed E-state index contributed by atoms with van der Waals surface area (Å²) in [5.74, 6) is 2.53. The minimum Gasteiger partial charge on any atom is -0.379 e. The van der Waals surface area contributed by atoms with E-state index >= 15 is 0 Å². The molecule has 0 radical (unpaired) electrons. The van der Waals surface area contributed by atoms with Crippen LogP contribution in [0, 0.1) is 0 Å². The van der Waals surface area contributed by atoms with Gasteiger partial charge in [0.15, 0.2) is 0 Å². The van der Waals surface area contributed by atoms with Crippen LogP contribution in [-0.4, -0.2) is 37.3 Å². The molecule has 0 heterocycles. The molecule has 1 N–H and O–H groups in total. The zero-order valence-electron chi connectivity index (χ0n) is 10.6. The number of nitrogens with one attached hydrogen (secondary N) is 1. The maximum Gasteiger partial charge on any atom is 0.0518 e. The SMILES string of the molecule is CCSCCCNCCCCOC(C)C. The van der Waals surface area contributed by atoms with Crippen LogP contribution in [0.2, 0.25) is 0 Å². The van der Waals surface area contributed by atoms with Crippen molar-refractivity contribution >= 4 is 11.8 Å². The molecule has 0 atom stereocenters. The number of ether oxygens (including phenoxy) is 1. The van der Waals surface area contributed by atoms with E-state index in [1.807, 2.05) is 11.8 Å². The van der Waals surface area contributed by atoms with Crippen molar-refractivity contribution in [2.45, 2.75) is 46.1 Å². The fraction of sp³-hybridized carbons (Fsp3) is 1.00. The largest absolute Gasteiger partial charge is 0.379 e. The van der Waals surface area contributed by atoms with Gasteiger partial charge in [-0.2, -0.15) is 11.8 Å². The molecule has 3 heteroatoms. The number of hydrogen-bond acceptors (Lipinski definition) is 3. The Hall–Kier alpha value is 0.270. The topological polar surface area (TPSA) is 21.3 Å². The highest BCUT2D eigenvalue weighted by molar-refractivity contribution is 7.99. The van der Waals surface area contributed by atoms with Gasteiger partial charge in [-0.15, -0.1) is 0 Å². The second-order valence-corrected chi connectivity index (χ2v) is 5.32. The second kappa shape index (κ2) is 12.3. The van der Waals surface area contributed by atoms with Crippen molar-refractivity contribution in [3.05, 3.63) is 0 Å². The summed E-state index contributed by atoms with van der Waals surface area (Å²) in [4.78, 5) is 0. The Morgan fingerprint density at radius 3 is 2.53 bits per heavy atom. The Morgan fingerprint density at radius 1 is 1.13 bits per heavy atom. The number of rotatable bonds is 11. The normalized spacial score (nSPS) is 11.2. The van der Waals surface area contributed by atoms with Gasteiger partial charge in [0.2, 0.25) is 0 Å². The first-order valence-electron chi connectivity index (χ1n) is 6.17. The molecule has 0 saturated carbocycles. The van der Waals surface area contributed by atoms with Gasteiger partial charge >= 0.3 is 0 Å². The summed E-state index contributed by atoms with van der Waals surface area (Å²) in [7, 11) is 0. The first kappa shape index (κ1) is 15.3. The van der Waals surface area contributed by atoms with Crippen LogP contribution in [0.15, 0.2) is 0 Å². The maximum atomic E-state index is 5.47. The van der Waals surface area contributed by atoms with Gasteiger partial charge in [0.05, 0.1) is 6.10 Å². The number of hydrogen-bond donors (Lipinski definition) is 1. The van der Waals surface area contributed by atoms with E-state index in [4.69, 9.17) is 4.74 Å². The van der Waals surface area contributed by atoms with Crippen molar-refractivity contribution < 1.29 is 4.74 Å². The van der Waals surface area contributed by atoms with E-state index in [-0.39, 0.29) is 0 Å². The Morgan fingerprint density at radius 2 is 1.87 bits per heavy atom. The summed E-state index contributed by atoms with van der Waals surface area (Å²) < 4.78 is 5.47. The highest BCUT2D eigenvalue weighted by Gasteiger charge is 1.93. The lowest BCUT2D eigenvalue weighted by Gasteiger charge is -2.07. The van der Waals surface area contributed by atoms with Crippen molar-refractivity contribution in [3.8, 4) is 0 Å². The van der Waals surface area contributed by atoms with Crippen LogP contribution in [0.4, 0.5) is 0 Å². The first-order chi connectivity index (χ1) is 7.27. The molecular weight excluding hydrogens is 206 g/mol. The standard InChI is InChI=1S/C12H27NOS/c1-4-15-11-7-9-13-8-5-6-10-14-12(2)3/h12-13H,4-11H2,1-3H3. The Bertz CT molecular complexity index is 120. The molecule has 0 bridgehead atoms. The summed E-state index contributed by atoms with van der Waals surface area (Å²) >= 11 is 2.02. The van der Waals surface area contributed by atoms with Crippen LogP contribution in [0.3, 0.4) is 0 Å². The molecule has 0 unspecified atom stereocenters. The maximum absolute atomic E-state index is 5.47. The third kappa shape index (κ3) is 14.3. The van der Waals surface area contributed by atoms with Crippen molar-refractivity contribution in [2.75, 3.05) is 31.2 Å². The Labute approximate surface area is 99.5 Å². The molecule has 2 nitrogen and oxygen atoms in total. The quantitative estimate of drug-likeness (QED) is 0.554. The summed E-state index contributed by atoms with van der Waals surface area (Å²) in [6.45, 7) is 9.60. The minimum absolute atomic E-state index is 0.379. The molecule has 0 aliphatic rings. The molecule has 0 aliphatic heterocycles. The van der Waals surface area contributed by atoms with Crippen LogP contribution in [0.5, 0.6) is 0 Å². The summed E-state index contributed by atoms with van der Waals surface area (Å²) in [6, 6.07) is 0. The average Bonchev–Trinajstić information content (AvgIpc) is 2.20. The summed E-state index contributed by atoms with van der Waals surface area (Å²) in [5.41, 5.74) is 0. The Kier molecular flexibility index (Phi) is 12.6.